The predicted molar refractivity (Wildman–Crippen MR) is 83.1 cm³/mol. The Morgan fingerprint density at radius 2 is 2.05 bits per heavy atom. The fraction of sp³-hybridized carbons (Fsp3) is 0.857. The number of thiocarbonyl (C=S) groups is 1. The Morgan fingerprint density at radius 3 is 2.53 bits per heavy atom. The first-order chi connectivity index (χ1) is 8.94. The van der Waals surface area contributed by atoms with Gasteiger partial charge in [-0.1, -0.05) is 32.0 Å². The highest BCUT2D eigenvalue weighted by Gasteiger charge is 2.43. The van der Waals surface area contributed by atoms with Crippen molar-refractivity contribution in [1.82, 2.24) is 10.2 Å². The molecule has 0 aromatic carbocycles. The van der Waals surface area contributed by atoms with Gasteiger partial charge in [-0.2, -0.15) is 0 Å². The SMILES string of the molecule is CCC(C)N(C)CCNC(=O)C1(C(N)=S)CCCC1. The molecule has 0 aromatic heterocycles. The lowest BCUT2D eigenvalue weighted by Crippen LogP contribution is -2.49. The second-order valence-corrected chi connectivity index (χ2v) is 6.09. The van der Waals surface area contributed by atoms with Crippen molar-refractivity contribution in [2.75, 3.05) is 20.1 Å². The molecule has 4 nitrogen and oxygen atoms in total. The van der Waals surface area contributed by atoms with E-state index in [2.05, 4.69) is 31.1 Å². The number of nitrogens with one attached hydrogen (secondary N) is 1. The molecular weight excluding hydrogens is 258 g/mol. The highest BCUT2D eigenvalue weighted by molar-refractivity contribution is 7.80. The molecule has 19 heavy (non-hydrogen) atoms. The van der Waals surface area contributed by atoms with Crippen molar-refractivity contribution in [3.8, 4) is 0 Å². The Kier molecular flexibility index (Phi) is 6.20. The number of amides is 1. The van der Waals surface area contributed by atoms with Crippen molar-refractivity contribution in [2.45, 2.75) is 52.0 Å². The first kappa shape index (κ1) is 16.4. The van der Waals surface area contributed by atoms with Crippen LogP contribution in [-0.4, -0.2) is 42.0 Å². The number of hydrogen-bond donors (Lipinski definition) is 2. The van der Waals surface area contributed by atoms with Crippen LogP contribution in [0.4, 0.5) is 0 Å². The second kappa shape index (κ2) is 7.20. The van der Waals surface area contributed by atoms with Crippen molar-refractivity contribution in [1.29, 1.82) is 0 Å². The predicted octanol–water partition coefficient (Wildman–Crippen LogP) is 1.68. The zero-order valence-corrected chi connectivity index (χ0v) is 13.2. The molecule has 0 aliphatic heterocycles. The fourth-order valence-corrected chi connectivity index (χ4v) is 2.91. The Balaban J connectivity index is 2.44. The normalized spacial score (nSPS) is 19.4. The molecule has 1 saturated carbocycles. The number of hydrogen-bond acceptors (Lipinski definition) is 3. The lowest BCUT2D eigenvalue weighted by molar-refractivity contribution is -0.127. The minimum atomic E-state index is -0.579. The first-order valence-corrected chi connectivity index (χ1v) is 7.63. The van der Waals surface area contributed by atoms with E-state index in [-0.39, 0.29) is 5.91 Å². The summed E-state index contributed by atoms with van der Waals surface area (Å²) < 4.78 is 0. The van der Waals surface area contributed by atoms with Crippen LogP contribution in [0, 0.1) is 5.41 Å². The fourth-order valence-electron chi connectivity index (χ4n) is 2.61. The van der Waals surface area contributed by atoms with Crippen LogP contribution >= 0.6 is 12.2 Å². The van der Waals surface area contributed by atoms with Gasteiger partial charge in [0.05, 0.1) is 10.4 Å². The van der Waals surface area contributed by atoms with Crippen LogP contribution in [-0.2, 0) is 4.79 Å². The summed E-state index contributed by atoms with van der Waals surface area (Å²) in [6.45, 7) is 5.87. The summed E-state index contributed by atoms with van der Waals surface area (Å²) in [6, 6.07) is 0.535. The largest absolute Gasteiger partial charge is 0.392 e. The molecule has 5 heteroatoms. The molecule has 1 amide bonds. The smallest absolute Gasteiger partial charge is 0.233 e. The second-order valence-electron chi connectivity index (χ2n) is 5.65. The van der Waals surface area contributed by atoms with E-state index in [1.54, 1.807) is 0 Å². The van der Waals surface area contributed by atoms with Crippen molar-refractivity contribution in [2.24, 2.45) is 11.1 Å². The molecular formula is C14H27N3OS. The lowest BCUT2D eigenvalue weighted by atomic mass is 9.85. The minimum absolute atomic E-state index is 0.0232. The van der Waals surface area contributed by atoms with E-state index >= 15 is 0 Å². The van der Waals surface area contributed by atoms with Crippen molar-refractivity contribution < 1.29 is 4.79 Å². The van der Waals surface area contributed by atoms with Crippen LogP contribution in [0.1, 0.15) is 46.0 Å². The molecule has 0 radical (unpaired) electrons. The van der Waals surface area contributed by atoms with Gasteiger partial charge in [-0.3, -0.25) is 4.79 Å². The molecule has 0 spiro atoms. The molecule has 0 heterocycles. The zero-order chi connectivity index (χ0) is 14.5. The average Bonchev–Trinajstić information content (AvgIpc) is 2.88. The summed E-state index contributed by atoms with van der Waals surface area (Å²) in [6.07, 6.45) is 4.79. The van der Waals surface area contributed by atoms with Gasteiger partial charge in [0.1, 0.15) is 0 Å². The van der Waals surface area contributed by atoms with Gasteiger partial charge in [0.25, 0.3) is 0 Å². The molecule has 1 unspecified atom stereocenters. The minimum Gasteiger partial charge on any atom is -0.392 e. The maximum atomic E-state index is 12.3. The van der Waals surface area contributed by atoms with Gasteiger partial charge in [0, 0.05) is 19.1 Å². The van der Waals surface area contributed by atoms with E-state index in [1.165, 1.54) is 0 Å². The summed E-state index contributed by atoms with van der Waals surface area (Å²) in [5, 5.41) is 3.01. The van der Waals surface area contributed by atoms with Gasteiger partial charge >= 0.3 is 0 Å². The molecule has 1 fully saturated rings. The monoisotopic (exact) mass is 285 g/mol. The van der Waals surface area contributed by atoms with Crippen LogP contribution in [0.25, 0.3) is 0 Å². The third kappa shape index (κ3) is 3.89. The molecule has 110 valence electrons. The number of likely N-dealkylation sites (N-methyl/N-ethyl adjacent to an activating group) is 1. The summed E-state index contributed by atoms with van der Waals surface area (Å²) in [5.74, 6) is 0.0232. The van der Waals surface area contributed by atoms with Crippen molar-refractivity contribution >= 4 is 23.1 Å². The first-order valence-electron chi connectivity index (χ1n) is 7.22. The Labute approximate surface area is 122 Å². The van der Waals surface area contributed by atoms with Gasteiger partial charge in [0.15, 0.2) is 0 Å². The van der Waals surface area contributed by atoms with E-state index in [4.69, 9.17) is 18.0 Å². The number of carbonyl (C=O) groups is 1. The standard InChI is InChI=1S/C14H27N3OS/c1-4-11(2)17(3)10-9-16-13(18)14(12(15)19)7-5-6-8-14/h11H,4-10H2,1-3H3,(H2,15,19)(H,16,18). The van der Waals surface area contributed by atoms with E-state index in [9.17, 15) is 4.79 Å². The van der Waals surface area contributed by atoms with E-state index in [1.807, 2.05) is 0 Å². The molecule has 1 rings (SSSR count). The molecule has 0 saturated heterocycles. The molecule has 0 aromatic rings. The number of rotatable bonds is 7. The van der Waals surface area contributed by atoms with Crippen molar-refractivity contribution in [3.05, 3.63) is 0 Å². The third-order valence-electron chi connectivity index (χ3n) is 4.46. The van der Waals surface area contributed by atoms with Gasteiger partial charge in [-0.25, -0.2) is 0 Å². The summed E-state index contributed by atoms with van der Waals surface area (Å²) >= 11 is 5.11. The number of nitrogens with zero attached hydrogens (tertiary/aromatic N) is 1. The van der Waals surface area contributed by atoms with Crippen LogP contribution < -0.4 is 11.1 Å². The highest BCUT2D eigenvalue weighted by Crippen LogP contribution is 2.38. The summed E-state index contributed by atoms with van der Waals surface area (Å²) in [5.41, 5.74) is 5.22. The van der Waals surface area contributed by atoms with Crippen LogP contribution in [0.2, 0.25) is 0 Å². The lowest BCUT2D eigenvalue weighted by Gasteiger charge is -2.28. The highest BCUT2D eigenvalue weighted by atomic mass is 32.1. The maximum Gasteiger partial charge on any atom is 0.233 e. The molecule has 1 aliphatic carbocycles. The Hall–Kier alpha value is -0.680. The maximum absolute atomic E-state index is 12.3. The van der Waals surface area contributed by atoms with Gasteiger partial charge < -0.3 is 16.0 Å². The van der Waals surface area contributed by atoms with Crippen molar-refractivity contribution in [3.63, 3.8) is 0 Å². The zero-order valence-electron chi connectivity index (χ0n) is 12.4. The third-order valence-corrected chi connectivity index (χ3v) is 4.85. The summed E-state index contributed by atoms with van der Waals surface area (Å²) in [4.78, 5) is 14.9. The Morgan fingerprint density at radius 1 is 1.47 bits per heavy atom. The van der Waals surface area contributed by atoms with Crippen LogP contribution in [0.3, 0.4) is 0 Å². The average molecular weight is 285 g/mol. The van der Waals surface area contributed by atoms with Gasteiger partial charge in [0.2, 0.25) is 5.91 Å². The van der Waals surface area contributed by atoms with Crippen LogP contribution in [0.15, 0.2) is 0 Å². The molecule has 0 bridgehead atoms. The van der Waals surface area contributed by atoms with Gasteiger partial charge in [-0.05, 0) is 33.2 Å². The quantitative estimate of drug-likeness (QED) is 0.699. The number of carbonyl (C=O) groups excluding carboxylic acids is 1. The van der Waals surface area contributed by atoms with E-state index in [0.29, 0.717) is 17.6 Å². The topological polar surface area (TPSA) is 58.4 Å². The van der Waals surface area contributed by atoms with E-state index in [0.717, 1.165) is 38.6 Å². The molecule has 1 atom stereocenters. The van der Waals surface area contributed by atoms with Crippen LogP contribution in [0.5, 0.6) is 0 Å². The number of nitrogens with two attached hydrogens (primary N) is 1. The summed E-state index contributed by atoms with van der Waals surface area (Å²) in [7, 11) is 2.08. The van der Waals surface area contributed by atoms with E-state index < -0.39 is 5.41 Å². The Bertz CT molecular complexity index is 327. The molecule has 3 N–H and O–H groups in total. The van der Waals surface area contributed by atoms with Gasteiger partial charge in [-0.15, -0.1) is 0 Å². The molecule has 1 aliphatic rings.